The Kier molecular flexibility index (Phi) is 5.84. The molecule has 0 atom stereocenters. The van der Waals surface area contributed by atoms with Crippen molar-refractivity contribution in [1.82, 2.24) is 4.57 Å². The average Bonchev–Trinajstić information content (AvgIpc) is 3.01. The average molecular weight is 406 g/mol. The van der Waals surface area contributed by atoms with Crippen LogP contribution in [0.5, 0.6) is 5.88 Å². The fraction of sp³-hybridized carbons (Fsp3) is 0.375. The van der Waals surface area contributed by atoms with Crippen molar-refractivity contribution in [2.24, 2.45) is 0 Å². The Labute approximate surface area is 175 Å². The number of carbonyl (C=O) groups is 1. The van der Waals surface area contributed by atoms with Gasteiger partial charge in [0.05, 0.1) is 5.56 Å². The first kappa shape index (κ1) is 21.4. The molecule has 6 heteroatoms. The number of hydrogen-bond donors (Lipinski definition) is 1. The topological polar surface area (TPSA) is 96.2 Å². The van der Waals surface area contributed by atoms with E-state index in [2.05, 4.69) is 0 Å². The minimum atomic E-state index is -0.576. The highest BCUT2D eigenvalue weighted by atomic mass is 16.3. The van der Waals surface area contributed by atoms with Gasteiger partial charge in [0, 0.05) is 17.5 Å². The van der Waals surface area contributed by atoms with Crippen LogP contribution in [0.1, 0.15) is 70.1 Å². The van der Waals surface area contributed by atoms with Crippen LogP contribution in [0.25, 0.3) is 11.0 Å². The van der Waals surface area contributed by atoms with Crippen LogP contribution in [-0.4, -0.2) is 15.5 Å². The van der Waals surface area contributed by atoms with Gasteiger partial charge in [0.2, 0.25) is 11.7 Å². The first-order chi connectivity index (χ1) is 14.2. The van der Waals surface area contributed by atoms with Gasteiger partial charge in [-0.15, -0.1) is 0 Å². The van der Waals surface area contributed by atoms with Crippen molar-refractivity contribution in [2.45, 2.75) is 60.4 Å². The van der Waals surface area contributed by atoms with E-state index < -0.39 is 17.2 Å². The lowest BCUT2D eigenvalue weighted by Gasteiger charge is -2.15. The number of furan rings is 1. The van der Waals surface area contributed by atoms with Gasteiger partial charge in [0.25, 0.3) is 5.56 Å². The van der Waals surface area contributed by atoms with E-state index in [0.29, 0.717) is 17.6 Å². The number of fused-ring (bicyclic) bond motifs is 1. The molecule has 156 valence electrons. The van der Waals surface area contributed by atoms with Gasteiger partial charge >= 0.3 is 0 Å². The molecule has 1 N–H and O–H groups in total. The molecule has 3 rings (SSSR count). The number of ketones is 1. The van der Waals surface area contributed by atoms with Crippen molar-refractivity contribution in [1.29, 1.82) is 5.26 Å². The van der Waals surface area contributed by atoms with Gasteiger partial charge in [-0.25, -0.2) is 0 Å². The summed E-state index contributed by atoms with van der Waals surface area (Å²) in [5.41, 5.74) is 2.79. The maximum atomic E-state index is 13.4. The zero-order chi connectivity index (χ0) is 22.2. The fourth-order valence-electron chi connectivity index (χ4n) is 3.76. The van der Waals surface area contributed by atoms with E-state index >= 15 is 0 Å². The minimum absolute atomic E-state index is 0.0572. The molecule has 2 aromatic heterocycles. The Hall–Kier alpha value is -3.33. The van der Waals surface area contributed by atoms with Gasteiger partial charge in [-0.1, -0.05) is 19.8 Å². The molecule has 0 unspecified atom stereocenters. The Morgan fingerprint density at radius 3 is 2.43 bits per heavy atom. The molecule has 30 heavy (non-hydrogen) atoms. The summed E-state index contributed by atoms with van der Waals surface area (Å²) in [6.45, 7) is 9.53. The molecule has 0 aliphatic carbocycles. The third kappa shape index (κ3) is 3.41. The smallest absolute Gasteiger partial charge is 0.271 e. The van der Waals surface area contributed by atoms with Crippen molar-refractivity contribution in [3.05, 3.63) is 61.6 Å². The van der Waals surface area contributed by atoms with E-state index in [1.54, 1.807) is 6.92 Å². The first-order valence-electron chi connectivity index (χ1n) is 10.1. The molecule has 0 aliphatic heterocycles. The summed E-state index contributed by atoms with van der Waals surface area (Å²) in [7, 11) is 0. The Morgan fingerprint density at radius 1 is 1.13 bits per heavy atom. The lowest BCUT2D eigenvalue weighted by atomic mass is 9.98. The summed E-state index contributed by atoms with van der Waals surface area (Å²) in [4.78, 5) is 26.1. The maximum absolute atomic E-state index is 13.4. The van der Waals surface area contributed by atoms with Crippen LogP contribution in [0, 0.1) is 39.0 Å². The van der Waals surface area contributed by atoms with E-state index in [1.165, 1.54) is 6.92 Å². The molecular weight excluding hydrogens is 380 g/mol. The van der Waals surface area contributed by atoms with Crippen molar-refractivity contribution in [3.8, 4) is 11.9 Å². The number of aromatic nitrogens is 1. The lowest BCUT2D eigenvalue weighted by Crippen LogP contribution is -2.27. The molecule has 6 nitrogen and oxygen atoms in total. The molecule has 0 aliphatic rings. The molecule has 0 bridgehead atoms. The van der Waals surface area contributed by atoms with Gasteiger partial charge in [0.1, 0.15) is 17.2 Å². The summed E-state index contributed by atoms with van der Waals surface area (Å²) >= 11 is 0. The van der Waals surface area contributed by atoms with E-state index in [1.807, 2.05) is 39.0 Å². The Morgan fingerprint density at radius 2 is 1.80 bits per heavy atom. The van der Waals surface area contributed by atoms with Crippen LogP contribution in [-0.2, 0) is 6.54 Å². The van der Waals surface area contributed by atoms with Crippen LogP contribution in [0.15, 0.2) is 21.3 Å². The number of aryl methyl sites for hydroxylation is 3. The number of carbonyl (C=O) groups excluding carboxylic acids is 1. The van der Waals surface area contributed by atoms with Crippen molar-refractivity contribution < 1.29 is 14.3 Å². The molecule has 0 saturated carbocycles. The second-order valence-corrected chi connectivity index (χ2v) is 7.79. The number of rotatable bonds is 6. The van der Waals surface area contributed by atoms with Crippen molar-refractivity contribution >= 4 is 16.8 Å². The highest BCUT2D eigenvalue weighted by Crippen LogP contribution is 2.32. The molecule has 0 amide bonds. The normalized spacial score (nSPS) is 11.1. The molecule has 0 fully saturated rings. The van der Waals surface area contributed by atoms with Gasteiger partial charge < -0.3 is 9.52 Å². The third-order valence-electron chi connectivity index (χ3n) is 5.77. The first-order valence-corrected chi connectivity index (χ1v) is 10.1. The monoisotopic (exact) mass is 406 g/mol. The highest BCUT2D eigenvalue weighted by Gasteiger charge is 2.28. The summed E-state index contributed by atoms with van der Waals surface area (Å²) in [5, 5.41) is 21.2. The van der Waals surface area contributed by atoms with Crippen LogP contribution < -0.4 is 5.56 Å². The number of nitriles is 1. The number of benzene rings is 1. The summed E-state index contributed by atoms with van der Waals surface area (Å²) in [6.07, 6.45) is 2.47. The molecule has 3 aromatic rings. The number of aromatic hydroxyl groups is 1. The maximum Gasteiger partial charge on any atom is 0.271 e. The molecule has 0 spiro atoms. The number of pyridine rings is 1. The van der Waals surface area contributed by atoms with Crippen molar-refractivity contribution in [3.63, 3.8) is 0 Å². The SMILES string of the molecule is CCCCCn1c(O)c(C(=O)c2oc3cc(C)c(C)cc3c2C)c(C)c(C#N)c1=O. The van der Waals surface area contributed by atoms with E-state index in [9.17, 15) is 20.0 Å². The van der Waals surface area contributed by atoms with Crippen LogP contribution in [0.3, 0.4) is 0 Å². The van der Waals surface area contributed by atoms with Gasteiger partial charge in [-0.3, -0.25) is 14.2 Å². The quantitative estimate of drug-likeness (QED) is 0.467. The third-order valence-corrected chi connectivity index (χ3v) is 5.77. The standard InChI is InChI=1S/C24H26N2O4/c1-6-7-8-9-26-23(28)18(12-25)15(4)20(24(26)29)21(27)22-16(5)17-10-13(2)14(3)11-19(17)30-22/h10-11,29H,6-9H2,1-5H3. The lowest BCUT2D eigenvalue weighted by molar-refractivity contribution is 0.100. The van der Waals surface area contributed by atoms with Crippen LogP contribution in [0.2, 0.25) is 0 Å². The minimum Gasteiger partial charge on any atom is -0.494 e. The summed E-state index contributed by atoms with van der Waals surface area (Å²) in [6, 6.07) is 5.75. The number of hydrogen-bond acceptors (Lipinski definition) is 5. The van der Waals surface area contributed by atoms with Gasteiger partial charge in [-0.2, -0.15) is 5.26 Å². The van der Waals surface area contributed by atoms with E-state index in [-0.39, 0.29) is 29.0 Å². The van der Waals surface area contributed by atoms with Crippen LogP contribution >= 0.6 is 0 Å². The highest BCUT2D eigenvalue weighted by molar-refractivity contribution is 6.12. The van der Waals surface area contributed by atoms with E-state index in [0.717, 1.165) is 33.9 Å². The molecule has 0 radical (unpaired) electrons. The number of unbranched alkanes of at least 4 members (excludes halogenated alkanes) is 2. The predicted molar refractivity (Wildman–Crippen MR) is 115 cm³/mol. The molecular formula is C24H26N2O4. The van der Waals surface area contributed by atoms with Gasteiger partial charge in [0.15, 0.2) is 5.76 Å². The number of nitrogens with zero attached hydrogens (tertiary/aromatic N) is 2. The molecule has 1 aromatic carbocycles. The zero-order valence-corrected chi connectivity index (χ0v) is 18.0. The largest absolute Gasteiger partial charge is 0.494 e. The fourth-order valence-corrected chi connectivity index (χ4v) is 3.76. The summed E-state index contributed by atoms with van der Waals surface area (Å²) < 4.78 is 7.00. The Balaban J connectivity index is 2.22. The predicted octanol–water partition coefficient (Wildman–Crippen LogP) is 4.83. The molecule has 2 heterocycles. The Bertz CT molecular complexity index is 1260. The van der Waals surface area contributed by atoms with E-state index in [4.69, 9.17) is 4.42 Å². The molecule has 0 saturated heterocycles. The van der Waals surface area contributed by atoms with Gasteiger partial charge in [-0.05, 0) is 62.9 Å². The zero-order valence-electron chi connectivity index (χ0n) is 18.0. The second-order valence-electron chi connectivity index (χ2n) is 7.79. The summed E-state index contributed by atoms with van der Waals surface area (Å²) in [5.74, 6) is -0.837. The second kappa shape index (κ2) is 8.19. The van der Waals surface area contributed by atoms with Crippen LogP contribution in [0.4, 0.5) is 0 Å². The van der Waals surface area contributed by atoms with Crippen molar-refractivity contribution in [2.75, 3.05) is 0 Å².